The van der Waals surface area contributed by atoms with Crippen molar-refractivity contribution in [3.8, 4) is 0 Å². The second kappa shape index (κ2) is 5.48. The lowest BCUT2D eigenvalue weighted by Crippen LogP contribution is -2.08. The fourth-order valence-electron chi connectivity index (χ4n) is 2.31. The van der Waals surface area contributed by atoms with Crippen molar-refractivity contribution < 1.29 is 0 Å². The number of nitrogens with one attached hydrogen (secondary N) is 1. The standard InChI is InChI=1S/C13H19NS2/c1-9-6-13(16-3)11(7-12(9)15-2)10-4-5-14-8-10/h6-7,10,14H,4-5,8H2,1-3H3. The van der Waals surface area contributed by atoms with Crippen LogP contribution in [0.25, 0.3) is 0 Å². The van der Waals surface area contributed by atoms with Crippen molar-refractivity contribution in [2.24, 2.45) is 0 Å². The number of rotatable bonds is 3. The van der Waals surface area contributed by atoms with Crippen molar-refractivity contribution in [2.75, 3.05) is 25.6 Å². The van der Waals surface area contributed by atoms with Crippen LogP contribution < -0.4 is 5.32 Å². The van der Waals surface area contributed by atoms with E-state index in [0.29, 0.717) is 5.92 Å². The zero-order valence-electron chi connectivity index (χ0n) is 10.2. The van der Waals surface area contributed by atoms with Gasteiger partial charge in [0.2, 0.25) is 0 Å². The monoisotopic (exact) mass is 253 g/mol. The van der Waals surface area contributed by atoms with E-state index < -0.39 is 0 Å². The number of aryl methyl sites for hydroxylation is 1. The molecule has 1 aromatic rings. The van der Waals surface area contributed by atoms with E-state index >= 15 is 0 Å². The molecule has 1 atom stereocenters. The highest BCUT2D eigenvalue weighted by molar-refractivity contribution is 7.99. The molecule has 1 unspecified atom stereocenters. The topological polar surface area (TPSA) is 12.0 Å². The smallest absolute Gasteiger partial charge is 0.0108 e. The molecule has 2 rings (SSSR count). The minimum Gasteiger partial charge on any atom is -0.316 e. The molecule has 1 saturated heterocycles. The Labute approximate surface area is 107 Å². The third kappa shape index (κ3) is 2.41. The molecule has 16 heavy (non-hydrogen) atoms. The van der Waals surface area contributed by atoms with Gasteiger partial charge in [0.15, 0.2) is 0 Å². The third-order valence-electron chi connectivity index (χ3n) is 3.25. The molecule has 0 saturated carbocycles. The zero-order chi connectivity index (χ0) is 11.5. The number of hydrogen-bond donors (Lipinski definition) is 1. The van der Waals surface area contributed by atoms with Crippen LogP contribution in [0.15, 0.2) is 21.9 Å². The van der Waals surface area contributed by atoms with E-state index in [2.05, 4.69) is 36.9 Å². The van der Waals surface area contributed by atoms with Gasteiger partial charge in [-0.1, -0.05) is 0 Å². The largest absolute Gasteiger partial charge is 0.316 e. The Bertz CT molecular complexity index is 370. The molecule has 1 aliphatic heterocycles. The molecule has 0 aliphatic carbocycles. The second-order valence-electron chi connectivity index (χ2n) is 4.25. The van der Waals surface area contributed by atoms with E-state index in [0.717, 1.165) is 6.54 Å². The summed E-state index contributed by atoms with van der Waals surface area (Å²) in [6, 6.07) is 4.76. The van der Waals surface area contributed by atoms with Gasteiger partial charge in [-0.05, 0) is 61.6 Å². The summed E-state index contributed by atoms with van der Waals surface area (Å²) in [7, 11) is 0. The molecule has 88 valence electrons. The summed E-state index contributed by atoms with van der Waals surface area (Å²) in [6.45, 7) is 4.52. The lowest BCUT2D eigenvalue weighted by atomic mass is 9.97. The van der Waals surface area contributed by atoms with Crippen LogP contribution in [0.2, 0.25) is 0 Å². The van der Waals surface area contributed by atoms with Crippen LogP contribution in [0.5, 0.6) is 0 Å². The van der Waals surface area contributed by atoms with E-state index in [4.69, 9.17) is 0 Å². The number of thioether (sulfide) groups is 2. The quantitative estimate of drug-likeness (QED) is 0.828. The number of hydrogen-bond acceptors (Lipinski definition) is 3. The van der Waals surface area contributed by atoms with Gasteiger partial charge < -0.3 is 5.32 Å². The zero-order valence-corrected chi connectivity index (χ0v) is 11.8. The van der Waals surface area contributed by atoms with Gasteiger partial charge in [0.25, 0.3) is 0 Å². The van der Waals surface area contributed by atoms with Crippen molar-refractivity contribution in [1.29, 1.82) is 0 Å². The van der Waals surface area contributed by atoms with Gasteiger partial charge in [-0.3, -0.25) is 0 Å². The fourth-order valence-corrected chi connectivity index (χ4v) is 3.69. The first-order chi connectivity index (χ1) is 7.76. The van der Waals surface area contributed by atoms with Crippen LogP contribution in [0, 0.1) is 6.92 Å². The molecular weight excluding hydrogens is 234 g/mol. The van der Waals surface area contributed by atoms with Crippen molar-refractivity contribution in [2.45, 2.75) is 29.1 Å². The maximum Gasteiger partial charge on any atom is 0.0108 e. The SMILES string of the molecule is CSc1cc(C2CCNC2)c(SC)cc1C. The lowest BCUT2D eigenvalue weighted by Gasteiger charge is -2.16. The maximum absolute atomic E-state index is 3.46. The first kappa shape index (κ1) is 12.3. The van der Waals surface area contributed by atoms with Crippen molar-refractivity contribution in [3.05, 3.63) is 23.3 Å². The molecule has 1 N–H and O–H groups in total. The highest BCUT2D eigenvalue weighted by Crippen LogP contribution is 2.35. The van der Waals surface area contributed by atoms with Crippen molar-refractivity contribution in [1.82, 2.24) is 5.32 Å². The minimum atomic E-state index is 0.717. The molecule has 0 spiro atoms. The second-order valence-corrected chi connectivity index (χ2v) is 5.95. The van der Waals surface area contributed by atoms with E-state index in [-0.39, 0.29) is 0 Å². The van der Waals surface area contributed by atoms with Gasteiger partial charge in [-0.15, -0.1) is 23.5 Å². The van der Waals surface area contributed by atoms with E-state index in [9.17, 15) is 0 Å². The van der Waals surface area contributed by atoms with Crippen LogP contribution >= 0.6 is 23.5 Å². The summed E-state index contributed by atoms with van der Waals surface area (Å²) in [4.78, 5) is 2.89. The van der Waals surface area contributed by atoms with Gasteiger partial charge in [0.05, 0.1) is 0 Å². The Kier molecular flexibility index (Phi) is 4.22. The Morgan fingerprint density at radius 3 is 2.50 bits per heavy atom. The fraction of sp³-hybridized carbons (Fsp3) is 0.538. The molecule has 3 heteroatoms. The Morgan fingerprint density at radius 2 is 1.94 bits per heavy atom. The first-order valence-electron chi connectivity index (χ1n) is 5.69. The molecule has 1 fully saturated rings. The molecule has 0 bridgehead atoms. The van der Waals surface area contributed by atoms with Crippen LogP contribution in [0.3, 0.4) is 0 Å². The Hall–Kier alpha value is -0.120. The molecule has 1 heterocycles. The first-order valence-corrected chi connectivity index (χ1v) is 8.14. The predicted octanol–water partition coefficient (Wildman–Crippen LogP) is 3.52. The van der Waals surface area contributed by atoms with Crippen LogP contribution in [0.1, 0.15) is 23.5 Å². The molecule has 1 nitrogen and oxygen atoms in total. The van der Waals surface area contributed by atoms with Crippen LogP contribution in [-0.2, 0) is 0 Å². The van der Waals surface area contributed by atoms with Gasteiger partial charge in [0.1, 0.15) is 0 Å². The highest BCUT2D eigenvalue weighted by Gasteiger charge is 2.20. The summed E-state index contributed by atoms with van der Waals surface area (Å²) in [6.07, 6.45) is 5.63. The number of benzene rings is 1. The summed E-state index contributed by atoms with van der Waals surface area (Å²) >= 11 is 3.74. The Balaban J connectivity index is 2.40. The predicted molar refractivity (Wildman–Crippen MR) is 75.0 cm³/mol. The third-order valence-corrected chi connectivity index (χ3v) is 4.92. The van der Waals surface area contributed by atoms with Gasteiger partial charge in [-0.25, -0.2) is 0 Å². The summed E-state index contributed by atoms with van der Waals surface area (Å²) in [5.41, 5.74) is 2.96. The van der Waals surface area contributed by atoms with Crippen molar-refractivity contribution >= 4 is 23.5 Å². The minimum absolute atomic E-state index is 0.717. The van der Waals surface area contributed by atoms with E-state index in [1.54, 1.807) is 5.56 Å². The maximum atomic E-state index is 3.46. The summed E-state index contributed by atoms with van der Waals surface area (Å²) in [5, 5.41) is 3.46. The average Bonchev–Trinajstić information content (AvgIpc) is 2.82. The van der Waals surface area contributed by atoms with Gasteiger partial charge >= 0.3 is 0 Å². The van der Waals surface area contributed by atoms with E-state index in [1.807, 2.05) is 23.5 Å². The molecule has 0 amide bonds. The highest BCUT2D eigenvalue weighted by atomic mass is 32.2. The summed E-state index contributed by atoms with van der Waals surface area (Å²) in [5.74, 6) is 0.717. The van der Waals surface area contributed by atoms with Crippen LogP contribution in [0.4, 0.5) is 0 Å². The van der Waals surface area contributed by atoms with Gasteiger partial charge in [-0.2, -0.15) is 0 Å². The Morgan fingerprint density at radius 1 is 1.19 bits per heavy atom. The van der Waals surface area contributed by atoms with E-state index in [1.165, 1.54) is 28.3 Å². The molecule has 1 aromatic carbocycles. The lowest BCUT2D eigenvalue weighted by molar-refractivity contribution is 0.743. The average molecular weight is 253 g/mol. The van der Waals surface area contributed by atoms with Crippen molar-refractivity contribution in [3.63, 3.8) is 0 Å². The van der Waals surface area contributed by atoms with Gasteiger partial charge in [0, 0.05) is 16.3 Å². The summed E-state index contributed by atoms with van der Waals surface area (Å²) < 4.78 is 0. The normalized spacial score (nSPS) is 20.3. The van der Waals surface area contributed by atoms with Crippen LogP contribution in [-0.4, -0.2) is 25.6 Å². The molecule has 1 aliphatic rings. The molecular formula is C13H19NS2. The molecule has 0 aromatic heterocycles. The molecule has 0 radical (unpaired) electrons.